The Morgan fingerprint density at radius 1 is 1.00 bits per heavy atom. The molecule has 7 heteroatoms. The first-order valence-corrected chi connectivity index (χ1v) is 7.00. The van der Waals surface area contributed by atoms with Crippen molar-refractivity contribution in [3.05, 3.63) is 42.0 Å². The van der Waals surface area contributed by atoms with Crippen LogP contribution in [0.2, 0.25) is 0 Å². The number of methoxy groups -OCH3 is 3. The smallest absolute Gasteiger partial charge is 0.323 e. The minimum Gasteiger partial charge on any atom is -0.493 e. The van der Waals surface area contributed by atoms with Gasteiger partial charge in [0.15, 0.2) is 11.5 Å². The van der Waals surface area contributed by atoms with E-state index in [-0.39, 0.29) is 0 Å². The highest BCUT2D eigenvalue weighted by Gasteiger charge is 2.15. The normalized spacial score (nSPS) is 9.58. The molecule has 2 aromatic rings. The molecule has 124 valence electrons. The SMILES string of the molecule is COc1cc(NC(=O)Nc2ccccc2C#N)cc(OC)c1OC. The number of nitrogens with one attached hydrogen (secondary N) is 2. The predicted molar refractivity (Wildman–Crippen MR) is 89.9 cm³/mol. The quantitative estimate of drug-likeness (QED) is 0.879. The lowest BCUT2D eigenvalue weighted by molar-refractivity contribution is 0.262. The molecule has 2 N–H and O–H groups in total. The van der Waals surface area contributed by atoms with E-state index in [0.717, 1.165) is 0 Å². The summed E-state index contributed by atoms with van der Waals surface area (Å²) in [5, 5.41) is 14.3. The third kappa shape index (κ3) is 3.67. The summed E-state index contributed by atoms with van der Waals surface area (Å²) >= 11 is 0. The molecule has 2 amide bonds. The fourth-order valence-corrected chi connectivity index (χ4v) is 2.13. The zero-order chi connectivity index (χ0) is 17.5. The average molecular weight is 327 g/mol. The van der Waals surface area contributed by atoms with E-state index in [9.17, 15) is 4.79 Å². The van der Waals surface area contributed by atoms with Gasteiger partial charge in [-0.25, -0.2) is 4.79 Å². The maximum atomic E-state index is 12.2. The number of rotatable bonds is 5. The number of hydrogen-bond acceptors (Lipinski definition) is 5. The van der Waals surface area contributed by atoms with Gasteiger partial charge >= 0.3 is 6.03 Å². The zero-order valence-electron chi connectivity index (χ0n) is 13.5. The number of para-hydroxylation sites is 1. The van der Waals surface area contributed by atoms with E-state index < -0.39 is 6.03 Å². The number of carbonyl (C=O) groups is 1. The van der Waals surface area contributed by atoms with E-state index in [1.807, 2.05) is 6.07 Å². The molecule has 2 rings (SSSR count). The van der Waals surface area contributed by atoms with Crippen molar-refractivity contribution < 1.29 is 19.0 Å². The predicted octanol–water partition coefficient (Wildman–Crippen LogP) is 3.23. The van der Waals surface area contributed by atoms with Crippen LogP contribution in [0.1, 0.15) is 5.56 Å². The van der Waals surface area contributed by atoms with Crippen LogP contribution in [0.5, 0.6) is 17.2 Å². The van der Waals surface area contributed by atoms with Gasteiger partial charge in [0.1, 0.15) is 6.07 Å². The molecule has 7 nitrogen and oxygen atoms in total. The Morgan fingerprint density at radius 2 is 1.62 bits per heavy atom. The van der Waals surface area contributed by atoms with Gasteiger partial charge in [0.25, 0.3) is 0 Å². The maximum Gasteiger partial charge on any atom is 0.323 e. The number of hydrogen-bond donors (Lipinski definition) is 2. The number of benzene rings is 2. The number of ether oxygens (including phenoxy) is 3. The van der Waals surface area contributed by atoms with E-state index >= 15 is 0 Å². The highest BCUT2D eigenvalue weighted by Crippen LogP contribution is 2.39. The van der Waals surface area contributed by atoms with Crippen molar-refractivity contribution in [1.29, 1.82) is 5.26 Å². The average Bonchev–Trinajstić information content (AvgIpc) is 2.61. The Labute approximate surface area is 139 Å². The second-order valence-corrected chi connectivity index (χ2v) is 4.65. The number of anilines is 2. The monoisotopic (exact) mass is 327 g/mol. The highest BCUT2D eigenvalue weighted by molar-refractivity contribution is 6.00. The van der Waals surface area contributed by atoms with Gasteiger partial charge in [-0.2, -0.15) is 5.26 Å². The van der Waals surface area contributed by atoms with Crippen LogP contribution in [-0.4, -0.2) is 27.4 Å². The van der Waals surface area contributed by atoms with Crippen molar-refractivity contribution in [3.63, 3.8) is 0 Å². The largest absolute Gasteiger partial charge is 0.493 e. The van der Waals surface area contributed by atoms with E-state index in [1.54, 1.807) is 36.4 Å². The van der Waals surface area contributed by atoms with Crippen molar-refractivity contribution >= 4 is 17.4 Å². The molecular formula is C17H17N3O4. The zero-order valence-corrected chi connectivity index (χ0v) is 13.5. The summed E-state index contributed by atoms with van der Waals surface area (Å²) in [5.74, 6) is 1.27. The van der Waals surface area contributed by atoms with Gasteiger partial charge in [0, 0.05) is 12.1 Å². The van der Waals surface area contributed by atoms with Crippen molar-refractivity contribution in [3.8, 4) is 23.3 Å². The lowest BCUT2D eigenvalue weighted by Crippen LogP contribution is -2.20. The molecule has 0 bridgehead atoms. The van der Waals surface area contributed by atoms with Gasteiger partial charge in [0.05, 0.1) is 38.3 Å². The lowest BCUT2D eigenvalue weighted by atomic mass is 10.2. The highest BCUT2D eigenvalue weighted by atomic mass is 16.5. The molecule has 0 saturated carbocycles. The molecule has 0 aliphatic rings. The van der Waals surface area contributed by atoms with Crippen molar-refractivity contribution in [2.24, 2.45) is 0 Å². The van der Waals surface area contributed by atoms with E-state index in [0.29, 0.717) is 34.2 Å². The van der Waals surface area contributed by atoms with E-state index in [1.165, 1.54) is 21.3 Å². The Bertz CT molecular complexity index is 759. The van der Waals surface area contributed by atoms with Crippen LogP contribution in [0.4, 0.5) is 16.2 Å². The van der Waals surface area contributed by atoms with Gasteiger partial charge in [-0.05, 0) is 12.1 Å². The molecule has 0 fully saturated rings. The minimum atomic E-state index is -0.494. The summed E-state index contributed by atoms with van der Waals surface area (Å²) in [6.07, 6.45) is 0. The standard InChI is InChI=1S/C17H17N3O4/c1-22-14-8-12(9-15(23-2)16(14)24-3)19-17(21)20-13-7-5-4-6-11(13)10-18/h4-9H,1-3H3,(H2,19,20,21). The van der Waals surface area contributed by atoms with Gasteiger partial charge < -0.3 is 24.8 Å². The molecule has 0 unspecified atom stereocenters. The van der Waals surface area contributed by atoms with E-state index in [4.69, 9.17) is 19.5 Å². The van der Waals surface area contributed by atoms with Crippen LogP contribution < -0.4 is 24.8 Å². The maximum absolute atomic E-state index is 12.2. The second-order valence-electron chi connectivity index (χ2n) is 4.65. The third-order valence-corrected chi connectivity index (χ3v) is 3.22. The van der Waals surface area contributed by atoms with Crippen molar-refractivity contribution in [2.45, 2.75) is 0 Å². The first kappa shape index (κ1) is 17.0. The molecule has 0 aromatic heterocycles. The first-order chi connectivity index (χ1) is 11.6. The molecule has 2 aromatic carbocycles. The second kappa shape index (κ2) is 7.74. The summed E-state index contributed by atoms with van der Waals surface area (Å²) in [6, 6.07) is 11.5. The molecule has 0 aliphatic carbocycles. The van der Waals surface area contributed by atoms with Crippen LogP contribution >= 0.6 is 0 Å². The number of nitrogens with zero attached hydrogens (tertiary/aromatic N) is 1. The fourth-order valence-electron chi connectivity index (χ4n) is 2.13. The minimum absolute atomic E-state index is 0.373. The van der Waals surface area contributed by atoms with Gasteiger partial charge in [-0.1, -0.05) is 12.1 Å². The van der Waals surface area contributed by atoms with Crippen LogP contribution in [0.15, 0.2) is 36.4 Å². The number of amides is 2. The van der Waals surface area contributed by atoms with Gasteiger partial charge in [-0.15, -0.1) is 0 Å². The summed E-state index contributed by atoms with van der Waals surface area (Å²) in [7, 11) is 4.48. The molecule has 0 heterocycles. The van der Waals surface area contributed by atoms with Crippen molar-refractivity contribution in [1.82, 2.24) is 0 Å². The van der Waals surface area contributed by atoms with Crippen molar-refractivity contribution in [2.75, 3.05) is 32.0 Å². The Kier molecular flexibility index (Phi) is 5.47. The topological polar surface area (TPSA) is 92.6 Å². The van der Waals surface area contributed by atoms with E-state index in [2.05, 4.69) is 10.6 Å². The molecule has 0 saturated heterocycles. The van der Waals surface area contributed by atoms with Gasteiger partial charge in [-0.3, -0.25) is 0 Å². The Morgan fingerprint density at radius 3 is 2.17 bits per heavy atom. The van der Waals surface area contributed by atoms with Crippen LogP contribution in [0.3, 0.4) is 0 Å². The molecule has 0 spiro atoms. The summed E-state index contributed by atoms with van der Waals surface area (Å²) in [5.41, 5.74) is 1.25. The fraction of sp³-hybridized carbons (Fsp3) is 0.176. The van der Waals surface area contributed by atoms with Crippen LogP contribution in [-0.2, 0) is 0 Å². The molecule has 0 aliphatic heterocycles. The summed E-state index contributed by atoms with van der Waals surface area (Å²) in [6.45, 7) is 0. The number of nitriles is 1. The molecule has 0 atom stereocenters. The van der Waals surface area contributed by atoms with Crippen LogP contribution in [0, 0.1) is 11.3 Å². The Balaban J connectivity index is 2.21. The molecular weight excluding hydrogens is 310 g/mol. The van der Waals surface area contributed by atoms with Crippen LogP contribution in [0.25, 0.3) is 0 Å². The summed E-state index contributed by atoms with van der Waals surface area (Å²) in [4.78, 5) is 12.2. The summed E-state index contributed by atoms with van der Waals surface area (Å²) < 4.78 is 15.7. The first-order valence-electron chi connectivity index (χ1n) is 7.00. The molecule has 0 radical (unpaired) electrons. The Hall–Kier alpha value is -3.40. The lowest BCUT2D eigenvalue weighted by Gasteiger charge is -2.15. The number of carbonyl (C=O) groups excluding carboxylic acids is 1. The number of urea groups is 1. The van der Waals surface area contributed by atoms with Gasteiger partial charge in [0.2, 0.25) is 5.75 Å². The molecule has 24 heavy (non-hydrogen) atoms. The third-order valence-electron chi connectivity index (χ3n) is 3.22.